The molecule has 0 N–H and O–H groups in total. The van der Waals surface area contributed by atoms with E-state index in [-0.39, 0.29) is 17.0 Å². The van der Waals surface area contributed by atoms with Gasteiger partial charge in [-0.2, -0.15) is 8.78 Å². The fourth-order valence-electron chi connectivity index (χ4n) is 5.91. The van der Waals surface area contributed by atoms with Crippen LogP contribution in [0.2, 0.25) is 0 Å². The molecule has 0 radical (unpaired) electrons. The quantitative estimate of drug-likeness (QED) is 0.399. The summed E-state index contributed by atoms with van der Waals surface area (Å²) >= 11 is 0. The lowest BCUT2D eigenvalue weighted by Crippen LogP contribution is -2.30. The van der Waals surface area contributed by atoms with Gasteiger partial charge in [0.2, 0.25) is 0 Å². The summed E-state index contributed by atoms with van der Waals surface area (Å²) in [5.41, 5.74) is 0.240. The van der Waals surface area contributed by atoms with Gasteiger partial charge >= 0.3 is 6.61 Å². The van der Waals surface area contributed by atoms with Crippen LogP contribution in [0.1, 0.15) is 69.8 Å². The number of hydrogen-bond acceptors (Lipinski definition) is 1. The number of halogens is 5. The molecule has 0 aliphatic heterocycles. The molecule has 4 atom stereocenters. The first kappa shape index (κ1) is 23.1. The van der Waals surface area contributed by atoms with Gasteiger partial charge in [0.15, 0.2) is 11.6 Å². The average Bonchev–Trinajstić information content (AvgIpc) is 2.74. The van der Waals surface area contributed by atoms with E-state index in [4.69, 9.17) is 0 Å². The van der Waals surface area contributed by atoms with Crippen molar-refractivity contribution >= 4 is 0 Å². The van der Waals surface area contributed by atoms with Gasteiger partial charge in [0.1, 0.15) is 11.6 Å². The summed E-state index contributed by atoms with van der Waals surface area (Å²) in [7, 11) is 0. The normalized spacial score (nSPS) is 25.6. The van der Waals surface area contributed by atoms with Gasteiger partial charge in [0.25, 0.3) is 0 Å². The molecule has 0 heterocycles. The van der Waals surface area contributed by atoms with E-state index in [1.165, 1.54) is 50.3 Å². The molecule has 2 aromatic rings. The Morgan fingerprint density at radius 1 is 0.875 bits per heavy atom. The highest BCUT2D eigenvalue weighted by Gasteiger charge is 2.36. The lowest BCUT2D eigenvalue weighted by atomic mass is 9.63. The number of rotatable bonds is 6. The fourth-order valence-corrected chi connectivity index (χ4v) is 5.91. The van der Waals surface area contributed by atoms with Crippen molar-refractivity contribution in [2.75, 3.05) is 0 Å². The van der Waals surface area contributed by atoms with Crippen LogP contribution in [0.3, 0.4) is 0 Å². The van der Waals surface area contributed by atoms with Gasteiger partial charge in [0, 0.05) is 0 Å². The minimum atomic E-state index is -3.18. The van der Waals surface area contributed by atoms with Gasteiger partial charge in [0.05, 0.1) is 5.56 Å². The molecule has 0 spiro atoms. The van der Waals surface area contributed by atoms with Crippen molar-refractivity contribution in [3.63, 3.8) is 0 Å². The van der Waals surface area contributed by atoms with Crippen molar-refractivity contribution in [1.29, 1.82) is 0 Å². The largest absolute Gasteiger partial charge is 0.432 e. The van der Waals surface area contributed by atoms with Gasteiger partial charge in [-0.3, -0.25) is 0 Å². The summed E-state index contributed by atoms with van der Waals surface area (Å²) in [5, 5.41) is 0. The van der Waals surface area contributed by atoms with Crippen LogP contribution in [-0.2, 0) is 0 Å². The highest BCUT2D eigenvalue weighted by atomic mass is 19.3. The Hall–Kier alpha value is -2.11. The summed E-state index contributed by atoms with van der Waals surface area (Å²) in [6.45, 7) is -0.949. The molecule has 1 nitrogen and oxygen atoms in total. The van der Waals surface area contributed by atoms with Crippen molar-refractivity contribution in [1.82, 2.24) is 0 Å². The van der Waals surface area contributed by atoms with Crippen LogP contribution >= 0.6 is 0 Å². The van der Waals surface area contributed by atoms with Crippen LogP contribution in [0.5, 0.6) is 5.75 Å². The summed E-state index contributed by atoms with van der Waals surface area (Å²) in [4.78, 5) is 0. The van der Waals surface area contributed by atoms with E-state index >= 15 is 0 Å². The Morgan fingerprint density at radius 2 is 1.56 bits per heavy atom. The summed E-state index contributed by atoms with van der Waals surface area (Å²) in [6.07, 6.45) is 9.22. The number of benzene rings is 2. The zero-order chi connectivity index (χ0) is 22.8. The maximum atomic E-state index is 14.9. The van der Waals surface area contributed by atoms with Crippen molar-refractivity contribution in [2.45, 2.75) is 70.8 Å². The predicted molar refractivity (Wildman–Crippen MR) is 114 cm³/mol. The number of ether oxygens (including phenoxy) is 1. The van der Waals surface area contributed by atoms with Gasteiger partial charge in [-0.15, -0.1) is 0 Å². The number of fused-ring (bicyclic) bond motifs is 1. The Labute approximate surface area is 186 Å². The van der Waals surface area contributed by atoms with E-state index in [0.717, 1.165) is 43.2 Å². The monoisotopic (exact) mass is 452 g/mol. The minimum Gasteiger partial charge on any atom is -0.432 e. The molecule has 2 aromatic carbocycles. The SMILES string of the molecule is CCCC1CC[C@@H]2C[C@H](c3cc(F)c(-c4ccc(OC(F)F)c(F)c4)c(F)c3)CC[C@@H]2C1. The van der Waals surface area contributed by atoms with Crippen LogP contribution in [0.4, 0.5) is 22.0 Å². The molecule has 2 fully saturated rings. The second-order valence-electron chi connectivity index (χ2n) is 9.38. The molecule has 0 aromatic heterocycles. The molecule has 1 unspecified atom stereocenters. The smallest absolute Gasteiger partial charge is 0.387 e. The van der Waals surface area contributed by atoms with Crippen LogP contribution < -0.4 is 4.74 Å². The lowest BCUT2D eigenvalue weighted by Gasteiger charge is -2.42. The Morgan fingerprint density at radius 3 is 2.22 bits per heavy atom. The van der Waals surface area contributed by atoms with Crippen LogP contribution in [0.25, 0.3) is 11.1 Å². The second-order valence-corrected chi connectivity index (χ2v) is 9.38. The molecule has 6 heteroatoms. The molecule has 0 bridgehead atoms. The first-order valence-electron chi connectivity index (χ1n) is 11.6. The highest BCUT2D eigenvalue weighted by molar-refractivity contribution is 5.66. The Kier molecular flexibility index (Phi) is 7.06. The third kappa shape index (κ3) is 4.94. The van der Waals surface area contributed by atoms with Crippen molar-refractivity contribution in [3.8, 4) is 16.9 Å². The number of alkyl halides is 2. The van der Waals surface area contributed by atoms with Gasteiger partial charge in [-0.1, -0.05) is 32.3 Å². The van der Waals surface area contributed by atoms with Crippen molar-refractivity contribution in [3.05, 3.63) is 53.3 Å². The van der Waals surface area contributed by atoms with Gasteiger partial charge in [-0.05, 0) is 91.2 Å². The van der Waals surface area contributed by atoms with Crippen LogP contribution in [0.15, 0.2) is 30.3 Å². The third-order valence-corrected chi connectivity index (χ3v) is 7.39. The van der Waals surface area contributed by atoms with E-state index in [2.05, 4.69) is 11.7 Å². The lowest BCUT2D eigenvalue weighted by molar-refractivity contribution is -0.0521. The summed E-state index contributed by atoms with van der Waals surface area (Å²) in [6, 6.07) is 5.67. The predicted octanol–water partition coefficient (Wildman–Crippen LogP) is 8.47. The van der Waals surface area contributed by atoms with Crippen molar-refractivity contribution in [2.24, 2.45) is 17.8 Å². The molecule has 2 aliphatic carbocycles. The summed E-state index contributed by atoms with van der Waals surface area (Å²) < 4.78 is 72.7. The van der Waals surface area contributed by atoms with E-state index in [9.17, 15) is 22.0 Å². The molecule has 4 rings (SSSR count). The molecule has 174 valence electrons. The third-order valence-electron chi connectivity index (χ3n) is 7.39. The van der Waals surface area contributed by atoms with Crippen molar-refractivity contribution < 1.29 is 26.7 Å². The van der Waals surface area contributed by atoms with E-state index in [1.807, 2.05) is 0 Å². The zero-order valence-corrected chi connectivity index (χ0v) is 18.2. The molecule has 2 aliphatic rings. The first-order chi connectivity index (χ1) is 15.4. The second kappa shape index (κ2) is 9.80. The number of hydrogen-bond donors (Lipinski definition) is 0. The van der Waals surface area contributed by atoms with E-state index < -0.39 is 29.8 Å². The Balaban J connectivity index is 1.51. The molecule has 0 saturated heterocycles. The summed E-state index contributed by atoms with van der Waals surface area (Å²) in [5.74, 6) is -1.01. The standard InChI is InChI=1S/C26H29F5O/c1-2-3-15-4-5-17-11-18(7-6-16(17)10-15)20-13-22(28)25(23(29)14-20)19-8-9-24(21(27)12-19)32-26(30)31/h8-9,12-18,26H,2-7,10-11H2,1H3/t15?,16-,17-,18-/m1/s1. The molecule has 0 amide bonds. The average molecular weight is 453 g/mol. The minimum absolute atomic E-state index is 0.0522. The molecular formula is C26H29F5O. The van der Waals surface area contributed by atoms with E-state index in [0.29, 0.717) is 11.5 Å². The van der Waals surface area contributed by atoms with Crippen LogP contribution in [0, 0.1) is 35.2 Å². The molecular weight excluding hydrogens is 423 g/mol. The maximum Gasteiger partial charge on any atom is 0.387 e. The first-order valence-corrected chi connectivity index (χ1v) is 11.6. The van der Waals surface area contributed by atoms with Gasteiger partial charge < -0.3 is 4.74 Å². The fraction of sp³-hybridized carbons (Fsp3) is 0.538. The maximum absolute atomic E-state index is 14.9. The highest BCUT2D eigenvalue weighted by Crippen LogP contribution is 2.48. The molecule has 32 heavy (non-hydrogen) atoms. The Bertz CT molecular complexity index is 921. The topological polar surface area (TPSA) is 9.23 Å². The van der Waals surface area contributed by atoms with Crippen LogP contribution in [-0.4, -0.2) is 6.61 Å². The zero-order valence-electron chi connectivity index (χ0n) is 18.2. The molecule has 2 saturated carbocycles. The van der Waals surface area contributed by atoms with Gasteiger partial charge in [-0.25, -0.2) is 13.2 Å². The van der Waals surface area contributed by atoms with E-state index in [1.54, 1.807) is 0 Å².